The molecular weight excluding hydrogens is 354 g/mol. The molecule has 0 aliphatic carbocycles. The van der Waals surface area contributed by atoms with E-state index in [1.165, 1.54) is 0 Å². The van der Waals surface area contributed by atoms with Crippen LogP contribution in [0.3, 0.4) is 0 Å². The van der Waals surface area contributed by atoms with Gasteiger partial charge in [0.1, 0.15) is 17.1 Å². The van der Waals surface area contributed by atoms with Gasteiger partial charge in [-0.15, -0.1) is 0 Å². The lowest BCUT2D eigenvalue weighted by atomic mass is 9.82. The van der Waals surface area contributed by atoms with Crippen molar-refractivity contribution < 1.29 is 19.0 Å². The maximum absolute atomic E-state index is 12.7. The molecule has 3 aromatic rings. The largest absolute Gasteiger partial charge is 0.497 e. The number of rotatable bonds is 4. The van der Waals surface area contributed by atoms with Crippen molar-refractivity contribution in [1.82, 2.24) is 0 Å². The molecule has 0 aromatic heterocycles. The molecule has 0 bridgehead atoms. The number of carbonyl (C=O) groups excluding carboxylic acids is 1. The molecule has 0 radical (unpaired) electrons. The highest BCUT2D eigenvalue weighted by Crippen LogP contribution is 2.46. The summed E-state index contributed by atoms with van der Waals surface area (Å²) in [6.45, 7) is 2.03. The minimum Gasteiger partial charge on any atom is -0.497 e. The van der Waals surface area contributed by atoms with E-state index in [1.807, 2.05) is 60.7 Å². The summed E-state index contributed by atoms with van der Waals surface area (Å²) >= 11 is 0. The fourth-order valence-corrected chi connectivity index (χ4v) is 3.63. The van der Waals surface area contributed by atoms with E-state index < -0.39 is 11.9 Å². The highest BCUT2D eigenvalue weighted by atomic mass is 16.5. The second-order valence-electron chi connectivity index (χ2n) is 6.51. The Morgan fingerprint density at radius 3 is 2.54 bits per heavy atom. The van der Waals surface area contributed by atoms with Crippen LogP contribution in [0.2, 0.25) is 0 Å². The van der Waals surface area contributed by atoms with Crippen LogP contribution < -0.4 is 15.2 Å². The number of ether oxygens (including phenoxy) is 3. The highest BCUT2D eigenvalue weighted by Gasteiger charge is 2.36. The van der Waals surface area contributed by atoms with Crippen molar-refractivity contribution in [3.8, 4) is 11.5 Å². The molecule has 3 aromatic carbocycles. The summed E-state index contributed by atoms with van der Waals surface area (Å²) in [6, 6.07) is 19.5. The van der Waals surface area contributed by atoms with Gasteiger partial charge in [-0.1, -0.05) is 48.5 Å². The Kier molecular flexibility index (Phi) is 4.65. The Balaban J connectivity index is 1.94. The van der Waals surface area contributed by atoms with Gasteiger partial charge in [0.15, 0.2) is 0 Å². The lowest BCUT2D eigenvalue weighted by Crippen LogP contribution is -2.27. The second-order valence-corrected chi connectivity index (χ2v) is 6.51. The first-order valence-electron chi connectivity index (χ1n) is 9.14. The Morgan fingerprint density at radius 1 is 1.07 bits per heavy atom. The molecule has 4 rings (SSSR count). The SMILES string of the molecule is CCOC(=O)C1=C(N)Oc2c(ccc3ccccc23)C1c1ccc(OC)cc1. The van der Waals surface area contributed by atoms with Crippen LogP contribution in [0.1, 0.15) is 24.0 Å². The van der Waals surface area contributed by atoms with Crippen LogP contribution in [-0.2, 0) is 9.53 Å². The van der Waals surface area contributed by atoms with Gasteiger partial charge in [-0.25, -0.2) is 4.79 Å². The van der Waals surface area contributed by atoms with E-state index in [1.54, 1.807) is 14.0 Å². The average Bonchev–Trinajstić information content (AvgIpc) is 2.73. The molecule has 1 aliphatic rings. The predicted octanol–water partition coefficient (Wildman–Crippen LogP) is 4.11. The summed E-state index contributed by atoms with van der Waals surface area (Å²) in [5.74, 6) is 0.620. The van der Waals surface area contributed by atoms with E-state index in [0.29, 0.717) is 11.3 Å². The number of benzene rings is 3. The van der Waals surface area contributed by atoms with Crippen LogP contribution >= 0.6 is 0 Å². The third-order valence-corrected chi connectivity index (χ3v) is 4.93. The summed E-state index contributed by atoms with van der Waals surface area (Å²) in [7, 11) is 1.62. The average molecular weight is 375 g/mol. The predicted molar refractivity (Wildman–Crippen MR) is 107 cm³/mol. The van der Waals surface area contributed by atoms with Gasteiger partial charge in [-0.3, -0.25) is 0 Å². The molecule has 0 saturated heterocycles. The van der Waals surface area contributed by atoms with Crippen LogP contribution in [0, 0.1) is 0 Å². The van der Waals surface area contributed by atoms with E-state index in [9.17, 15) is 4.79 Å². The Bertz CT molecular complexity index is 1070. The normalized spacial score (nSPS) is 15.7. The molecule has 0 fully saturated rings. The minimum absolute atomic E-state index is 0.0723. The lowest BCUT2D eigenvalue weighted by Gasteiger charge is -2.29. The summed E-state index contributed by atoms with van der Waals surface area (Å²) in [5, 5.41) is 1.99. The number of hydrogen-bond acceptors (Lipinski definition) is 5. The zero-order valence-electron chi connectivity index (χ0n) is 15.8. The van der Waals surface area contributed by atoms with Crippen LogP contribution in [-0.4, -0.2) is 19.7 Å². The molecule has 0 saturated carbocycles. The van der Waals surface area contributed by atoms with Crippen LogP contribution in [0.15, 0.2) is 72.1 Å². The number of methoxy groups -OCH3 is 1. The zero-order chi connectivity index (χ0) is 19.7. The van der Waals surface area contributed by atoms with Crippen LogP contribution in [0.25, 0.3) is 10.8 Å². The summed E-state index contributed by atoms with van der Waals surface area (Å²) in [6.07, 6.45) is 0. The first-order valence-corrected chi connectivity index (χ1v) is 9.14. The standard InChI is InChI=1S/C23H21NO4/c1-3-27-23(25)20-19(15-8-11-16(26-2)12-9-15)18-13-10-14-6-4-5-7-17(14)21(18)28-22(20)24/h4-13,19H,3,24H2,1-2H3. The first kappa shape index (κ1) is 17.9. The molecule has 0 amide bonds. The van der Waals surface area contributed by atoms with Crippen molar-refractivity contribution in [3.63, 3.8) is 0 Å². The van der Waals surface area contributed by atoms with Gasteiger partial charge in [0.05, 0.1) is 19.6 Å². The summed E-state index contributed by atoms with van der Waals surface area (Å²) < 4.78 is 16.5. The van der Waals surface area contributed by atoms with E-state index in [0.717, 1.165) is 27.6 Å². The van der Waals surface area contributed by atoms with Crippen molar-refractivity contribution in [3.05, 3.63) is 83.2 Å². The minimum atomic E-state index is -0.473. The van der Waals surface area contributed by atoms with Crippen molar-refractivity contribution in [2.75, 3.05) is 13.7 Å². The molecule has 1 unspecified atom stereocenters. The van der Waals surface area contributed by atoms with Gasteiger partial charge >= 0.3 is 5.97 Å². The molecule has 0 spiro atoms. The maximum Gasteiger partial charge on any atom is 0.340 e. The fourth-order valence-electron chi connectivity index (χ4n) is 3.63. The first-order chi connectivity index (χ1) is 13.6. The van der Waals surface area contributed by atoms with E-state index >= 15 is 0 Å². The molecule has 5 nitrogen and oxygen atoms in total. The van der Waals surface area contributed by atoms with Crippen molar-refractivity contribution >= 4 is 16.7 Å². The van der Waals surface area contributed by atoms with E-state index in [4.69, 9.17) is 19.9 Å². The Morgan fingerprint density at radius 2 is 1.82 bits per heavy atom. The quantitative estimate of drug-likeness (QED) is 0.695. The van der Waals surface area contributed by atoms with Gasteiger partial charge < -0.3 is 19.9 Å². The van der Waals surface area contributed by atoms with Crippen molar-refractivity contribution in [1.29, 1.82) is 0 Å². The molecule has 5 heteroatoms. The molecule has 2 N–H and O–H groups in total. The Labute approximate surface area is 163 Å². The topological polar surface area (TPSA) is 70.8 Å². The van der Waals surface area contributed by atoms with Gasteiger partial charge in [0.25, 0.3) is 0 Å². The molecule has 28 heavy (non-hydrogen) atoms. The van der Waals surface area contributed by atoms with Crippen molar-refractivity contribution in [2.24, 2.45) is 5.73 Å². The second kappa shape index (κ2) is 7.27. The molecular formula is C23H21NO4. The highest BCUT2D eigenvalue weighted by molar-refractivity contribution is 5.96. The van der Waals surface area contributed by atoms with Gasteiger partial charge in [-0.2, -0.15) is 0 Å². The number of carbonyl (C=O) groups is 1. The van der Waals surface area contributed by atoms with Crippen LogP contribution in [0.4, 0.5) is 0 Å². The van der Waals surface area contributed by atoms with E-state index in [2.05, 4.69) is 0 Å². The lowest BCUT2D eigenvalue weighted by molar-refractivity contribution is -0.139. The fraction of sp³-hybridized carbons (Fsp3) is 0.174. The van der Waals surface area contributed by atoms with Crippen molar-refractivity contribution in [2.45, 2.75) is 12.8 Å². The molecule has 1 heterocycles. The van der Waals surface area contributed by atoms with E-state index in [-0.39, 0.29) is 12.5 Å². The smallest absolute Gasteiger partial charge is 0.340 e. The maximum atomic E-state index is 12.7. The molecule has 1 aliphatic heterocycles. The van der Waals surface area contributed by atoms with Gasteiger partial charge in [0, 0.05) is 10.9 Å². The monoisotopic (exact) mass is 375 g/mol. The third kappa shape index (κ3) is 2.95. The molecule has 1 atom stereocenters. The number of esters is 1. The third-order valence-electron chi connectivity index (χ3n) is 4.93. The summed E-state index contributed by atoms with van der Waals surface area (Å²) in [4.78, 5) is 12.7. The number of fused-ring (bicyclic) bond motifs is 3. The van der Waals surface area contributed by atoms with Gasteiger partial charge in [0.2, 0.25) is 5.88 Å². The Hall–Kier alpha value is -3.47. The van der Waals surface area contributed by atoms with Gasteiger partial charge in [-0.05, 0) is 30.0 Å². The number of nitrogens with two attached hydrogens (primary N) is 1. The summed E-state index contributed by atoms with van der Waals surface area (Å²) in [5.41, 5.74) is 8.33. The van der Waals surface area contributed by atoms with Crippen LogP contribution in [0.5, 0.6) is 11.5 Å². The molecule has 142 valence electrons. The number of hydrogen-bond donors (Lipinski definition) is 1. The zero-order valence-corrected chi connectivity index (χ0v) is 15.8.